The fraction of sp³-hybridized carbons (Fsp3) is 0.114. The minimum absolute atomic E-state index is 0.238. The average molecular weight is 544 g/mol. The summed E-state index contributed by atoms with van der Waals surface area (Å²) >= 11 is 0. The number of benzene rings is 5. The van der Waals surface area contributed by atoms with E-state index in [0.29, 0.717) is 26.1 Å². The molecule has 5 aromatic carbocycles. The van der Waals surface area contributed by atoms with E-state index in [1.54, 1.807) is 0 Å². The standard InChI is InChI=1S/C35H29NO5/c37-35(38)41-34-31(19-9-21-39-32-20-7-13-25-12-4-5-16-28(25)32)30-18-8-17-29(33(30)36-34)26-14-6-15-27(22-26)40-23-24-10-2-1-3-11-24/h1-8,10-18,20,22,36H,9,19,21,23H2,(H,37,38). The fourth-order valence-corrected chi connectivity index (χ4v) is 5.16. The molecule has 0 aliphatic carbocycles. The van der Waals surface area contributed by atoms with Crippen LogP contribution < -0.4 is 14.2 Å². The van der Waals surface area contributed by atoms with Gasteiger partial charge in [-0.3, -0.25) is 0 Å². The quantitative estimate of drug-likeness (QED) is 0.134. The highest BCUT2D eigenvalue weighted by molar-refractivity contribution is 5.98. The largest absolute Gasteiger partial charge is 0.512 e. The first kappa shape index (κ1) is 26.0. The maximum absolute atomic E-state index is 11.5. The summed E-state index contributed by atoms with van der Waals surface area (Å²) in [4.78, 5) is 14.8. The van der Waals surface area contributed by atoms with Crippen LogP contribution in [0.5, 0.6) is 17.4 Å². The highest BCUT2D eigenvalue weighted by Crippen LogP contribution is 2.37. The fourth-order valence-electron chi connectivity index (χ4n) is 5.16. The van der Waals surface area contributed by atoms with Crippen molar-refractivity contribution in [1.82, 2.24) is 4.98 Å². The average Bonchev–Trinajstić information content (AvgIpc) is 3.35. The van der Waals surface area contributed by atoms with Gasteiger partial charge in [-0.1, -0.05) is 97.1 Å². The third kappa shape index (κ3) is 5.87. The van der Waals surface area contributed by atoms with E-state index >= 15 is 0 Å². The Labute approximate surface area is 237 Å². The molecule has 1 heterocycles. The molecule has 6 heteroatoms. The Hall–Kier alpha value is -5.23. The number of para-hydroxylation sites is 1. The van der Waals surface area contributed by atoms with Crippen molar-refractivity contribution in [2.45, 2.75) is 19.4 Å². The van der Waals surface area contributed by atoms with Gasteiger partial charge in [0.05, 0.1) is 12.1 Å². The van der Waals surface area contributed by atoms with Crippen LogP contribution in [0.25, 0.3) is 32.8 Å². The SMILES string of the molecule is O=C(O)Oc1[nH]c2c(-c3cccc(OCc4ccccc4)c3)cccc2c1CCCOc1cccc2ccccc12. The molecule has 6 rings (SSSR count). The number of aryl methyl sites for hydroxylation is 1. The molecule has 0 saturated carbocycles. The molecule has 0 aliphatic heterocycles. The molecule has 0 aliphatic rings. The smallest absolute Gasteiger partial charge is 0.493 e. The summed E-state index contributed by atoms with van der Waals surface area (Å²) < 4.78 is 17.4. The van der Waals surface area contributed by atoms with Gasteiger partial charge in [-0.05, 0) is 47.6 Å². The number of hydrogen-bond donors (Lipinski definition) is 2. The zero-order chi connectivity index (χ0) is 28.0. The van der Waals surface area contributed by atoms with Crippen LogP contribution in [0.2, 0.25) is 0 Å². The number of fused-ring (bicyclic) bond motifs is 2. The van der Waals surface area contributed by atoms with Gasteiger partial charge in [-0.2, -0.15) is 0 Å². The lowest BCUT2D eigenvalue weighted by Gasteiger charge is -2.10. The Balaban J connectivity index is 1.23. The van der Waals surface area contributed by atoms with Crippen molar-refractivity contribution in [3.63, 3.8) is 0 Å². The predicted molar refractivity (Wildman–Crippen MR) is 161 cm³/mol. The topological polar surface area (TPSA) is 80.8 Å². The van der Waals surface area contributed by atoms with Gasteiger partial charge in [0.2, 0.25) is 5.88 Å². The zero-order valence-corrected chi connectivity index (χ0v) is 22.4. The number of aromatic amines is 1. The van der Waals surface area contributed by atoms with Crippen LogP contribution in [0.15, 0.2) is 115 Å². The van der Waals surface area contributed by atoms with E-state index in [9.17, 15) is 9.90 Å². The summed E-state index contributed by atoms with van der Waals surface area (Å²) in [6, 6.07) is 38.0. The Bertz CT molecular complexity index is 1800. The number of carboxylic acid groups (broad SMARTS) is 1. The molecule has 6 nitrogen and oxygen atoms in total. The normalized spacial score (nSPS) is 11.0. The number of rotatable bonds is 10. The predicted octanol–water partition coefficient (Wildman–Crippen LogP) is 8.64. The molecule has 0 spiro atoms. The molecule has 0 atom stereocenters. The minimum atomic E-state index is -1.36. The summed E-state index contributed by atoms with van der Waals surface area (Å²) in [5.41, 5.74) is 4.60. The van der Waals surface area contributed by atoms with Crippen LogP contribution in [0, 0.1) is 0 Å². The van der Waals surface area contributed by atoms with Crippen LogP contribution in [0.1, 0.15) is 17.5 Å². The van der Waals surface area contributed by atoms with E-state index in [4.69, 9.17) is 14.2 Å². The lowest BCUT2D eigenvalue weighted by molar-refractivity contribution is 0.142. The molecular formula is C35H29NO5. The van der Waals surface area contributed by atoms with Gasteiger partial charge >= 0.3 is 6.16 Å². The monoisotopic (exact) mass is 543 g/mol. The van der Waals surface area contributed by atoms with Crippen molar-refractivity contribution in [3.05, 3.63) is 126 Å². The van der Waals surface area contributed by atoms with Crippen molar-refractivity contribution >= 4 is 27.8 Å². The Kier molecular flexibility index (Phi) is 7.54. The molecule has 1 aromatic heterocycles. The van der Waals surface area contributed by atoms with Crippen molar-refractivity contribution in [2.75, 3.05) is 6.61 Å². The van der Waals surface area contributed by atoms with Crippen LogP contribution >= 0.6 is 0 Å². The lowest BCUT2D eigenvalue weighted by Crippen LogP contribution is -2.06. The van der Waals surface area contributed by atoms with Crippen LogP contribution in [0.4, 0.5) is 4.79 Å². The van der Waals surface area contributed by atoms with Crippen LogP contribution in [0.3, 0.4) is 0 Å². The van der Waals surface area contributed by atoms with Gasteiger partial charge in [0, 0.05) is 21.9 Å². The van der Waals surface area contributed by atoms with E-state index in [2.05, 4.69) is 17.1 Å². The van der Waals surface area contributed by atoms with Gasteiger partial charge in [0.15, 0.2) is 0 Å². The van der Waals surface area contributed by atoms with Gasteiger partial charge in [-0.15, -0.1) is 0 Å². The Morgan fingerprint density at radius 2 is 1.51 bits per heavy atom. The molecule has 0 fully saturated rings. The van der Waals surface area contributed by atoms with Crippen molar-refractivity contribution in [1.29, 1.82) is 0 Å². The zero-order valence-electron chi connectivity index (χ0n) is 22.4. The van der Waals surface area contributed by atoms with E-state index < -0.39 is 6.16 Å². The molecule has 6 aromatic rings. The second-order valence-corrected chi connectivity index (χ2v) is 9.76. The number of carbonyl (C=O) groups is 1. The van der Waals surface area contributed by atoms with Gasteiger partial charge in [0.25, 0.3) is 0 Å². The maximum atomic E-state index is 11.5. The number of H-pyrrole nitrogens is 1. The first-order chi connectivity index (χ1) is 20.2. The molecule has 0 bridgehead atoms. The van der Waals surface area contributed by atoms with Crippen LogP contribution in [-0.2, 0) is 13.0 Å². The number of hydrogen-bond acceptors (Lipinski definition) is 4. The number of aromatic nitrogens is 1. The molecule has 0 amide bonds. The maximum Gasteiger partial charge on any atom is 0.512 e. The summed E-state index contributed by atoms with van der Waals surface area (Å²) in [7, 11) is 0. The Morgan fingerprint density at radius 3 is 2.39 bits per heavy atom. The van der Waals surface area contributed by atoms with Crippen molar-refractivity contribution < 1.29 is 24.1 Å². The van der Waals surface area contributed by atoms with Gasteiger partial charge in [0.1, 0.15) is 18.1 Å². The summed E-state index contributed by atoms with van der Waals surface area (Å²) in [5, 5.41) is 12.5. The highest BCUT2D eigenvalue weighted by atomic mass is 16.7. The van der Waals surface area contributed by atoms with Crippen molar-refractivity contribution in [2.24, 2.45) is 0 Å². The van der Waals surface area contributed by atoms with E-state index in [1.165, 1.54) is 0 Å². The summed E-state index contributed by atoms with van der Waals surface area (Å²) in [6.07, 6.45) is -0.0985. The van der Waals surface area contributed by atoms with Gasteiger partial charge in [-0.25, -0.2) is 4.79 Å². The third-order valence-electron chi connectivity index (χ3n) is 7.06. The van der Waals surface area contributed by atoms with Gasteiger partial charge < -0.3 is 24.3 Å². The molecule has 2 N–H and O–H groups in total. The Morgan fingerprint density at radius 1 is 0.756 bits per heavy atom. The summed E-state index contributed by atoms with van der Waals surface area (Å²) in [6.45, 7) is 0.951. The van der Waals surface area contributed by atoms with Crippen LogP contribution in [-0.4, -0.2) is 22.9 Å². The second-order valence-electron chi connectivity index (χ2n) is 9.76. The first-order valence-electron chi connectivity index (χ1n) is 13.6. The molecule has 204 valence electrons. The number of ether oxygens (including phenoxy) is 3. The molecule has 0 saturated heterocycles. The molecule has 0 unspecified atom stereocenters. The summed E-state index contributed by atoms with van der Waals surface area (Å²) in [5.74, 6) is 1.82. The molecule has 41 heavy (non-hydrogen) atoms. The third-order valence-corrected chi connectivity index (χ3v) is 7.06. The molecular weight excluding hydrogens is 514 g/mol. The first-order valence-corrected chi connectivity index (χ1v) is 13.6. The minimum Gasteiger partial charge on any atom is -0.493 e. The number of nitrogens with one attached hydrogen (secondary N) is 1. The van der Waals surface area contributed by atoms with E-state index in [0.717, 1.165) is 55.4 Å². The highest BCUT2D eigenvalue weighted by Gasteiger charge is 2.18. The lowest BCUT2D eigenvalue weighted by atomic mass is 10.0. The molecule has 0 radical (unpaired) electrons. The van der Waals surface area contributed by atoms with Crippen molar-refractivity contribution in [3.8, 4) is 28.5 Å². The van der Waals surface area contributed by atoms with E-state index in [1.807, 2.05) is 103 Å². The second kappa shape index (κ2) is 11.9. The van der Waals surface area contributed by atoms with E-state index in [-0.39, 0.29) is 5.88 Å².